The predicted octanol–water partition coefficient (Wildman–Crippen LogP) is 1.74. The lowest BCUT2D eigenvalue weighted by molar-refractivity contribution is -0.139. The molecular formula is C16H23N3O4S. The summed E-state index contributed by atoms with van der Waals surface area (Å²) in [5.41, 5.74) is -0.00718. The van der Waals surface area contributed by atoms with Gasteiger partial charge in [-0.25, -0.2) is 9.78 Å². The fourth-order valence-electron chi connectivity index (χ4n) is 2.67. The first-order valence-corrected chi connectivity index (χ1v) is 9.04. The monoisotopic (exact) mass is 353 g/mol. The van der Waals surface area contributed by atoms with Crippen LogP contribution in [0.25, 0.3) is 0 Å². The van der Waals surface area contributed by atoms with Gasteiger partial charge in [-0.15, -0.1) is 11.3 Å². The summed E-state index contributed by atoms with van der Waals surface area (Å²) in [6, 6.07) is 0. The molecule has 2 unspecified atom stereocenters. The average Bonchev–Trinajstić information content (AvgIpc) is 3.07. The zero-order valence-corrected chi connectivity index (χ0v) is 14.8. The van der Waals surface area contributed by atoms with Gasteiger partial charge >= 0.3 is 5.97 Å². The van der Waals surface area contributed by atoms with Crippen LogP contribution in [-0.4, -0.2) is 45.9 Å². The molecule has 2 rings (SSSR count). The summed E-state index contributed by atoms with van der Waals surface area (Å²) in [6.07, 6.45) is 2.37. The van der Waals surface area contributed by atoms with Crippen LogP contribution in [0.4, 0.5) is 0 Å². The molecule has 0 aromatic carbocycles. The summed E-state index contributed by atoms with van der Waals surface area (Å²) in [5.74, 6) is -1.30. The Kier molecular flexibility index (Phi) is 6.30. The van der Waals surface area contributed by atoms with E-state index in [0.29, 0.717) is 18.1 Å². The smallest absolute Gasteiger partial charge is 0.355 e. The Labute approximate surface area is 145 Å². The minimum Gasteiger partial charge on any atom is -0.476 e. The highest BCUT2D eigenvalue weighted by Gasteiger charge is 2.29. The molecule has 24 heavy (non-hydrogen) atoms. The van der Waals surface area contributed by atoms with Crippen LogP contribution in [0, 0.1) is 11.8 Å². The van der Waals surface area contributed by atoms with E-state index in [-0.39, 0.29) is 35.9 Å². The van der Waals surface area contributed by atoms with E-state index in [0.717, 1.165) is 19.3 Å². The maximum absolute atomic E-state index is 12.3. The van der Waals surface area contributed by atoms with Crippen molar-refractivity contribution in [2.24, 2.45) is 11.8 Å². The Balaban J connectivity index is 1.87. The van der Waals surface area contributed by atoms with Crippen molar-refractivity contribution in [3.8, 4) is 0 Å². The van der Waals surface area contributed by atoms with Crippen LogP contribution < -0.4 is 5.32 Å². The number of piperidine rings is 1. The molecule has 2 heterocycles. The number of carbonyl (C=O) groups is 3. The van der Waals surface area contributed by atoms with E-state index >= 15 is 0 Å². The summed E-state index contributed by atoms with van der Waals surface area (Å²) < 4.78 is 0. The molecule has 1 aliphatic heterocycles. The first kappa shape index (κ1) is 18.4. The second-order valence-electron chi connectivity index (χ2n) is 6.08. The number of amides is 2. The highest BCUT2D eigenvalue weighted by atomic mass is 32.1. The number of thiazole rings is 1. The highest BCUT2D eigenvalue weighted by molar-refractivity contribution is 7.09. The van der Waals surface area contributed by atoms with Crippen molar-refractivity contribution >= 4 is 29.1 Å². The standard InChI is InChI=1S/C16H23N3O4S/c1-3-10(2)15(21)19-6-4-5-11(8-19)14(20)17-7-13-18-12(9-24-13)16(22)23/h9-11H,3-8H2,1-2H3,(H,17,20)(H,22,23). The molecule has 0 saturated carbocycles. The minimum absolute atomic E-state index is 0.00718. The molecule has 2 N–H and O–H groups in total. The highest BCUT2D eigenvalue weighted by Crippen LogP contribution is 2.20. The van der Waals surface area contributed by atoms with Gasteiger partial charge in [0.2, 0.25) is 11.8 Å². The van der Waals surface area contributed by atoms with E-state index in [2.05, 4.69) is 10.3 Å². The van der Waals surface area contributed by atoms with Gasteiger partial charge in [-0.1, -0.05) is 13.8 Å². The van der Waals surface area contributed by atoms with E-state index in [1.54, 1.807) is 4.90 Å². The molecule has 1 aromatic rings. The number of aromatic nitrogens is 1. The lowest BCUT2D eigenvalue weighted by atomic mass is 9.95. The van der Waals surface area contributed by atoms with Crippen molar-refractivity contribution < 1.29 is 19.5 Å². The predicted molar refractivity (Wildman–Crippen MR) is 89.7 cm³/mol. The van der Waals surface area contributed by atoms with Crippen molar-refractivity contribution in [2.45, 2.75) is 39.7 Å². The number of hydrogen-bond donors (Lipinski definition) is 2. The summed E-state index contributed by atoms with van der Waals surface area (Å²) in [4.78, 5) is 41.1. The van der Waals surface area contributed by atoms with E-state index in [1.165, 1.54) is 16.7 Å². The number of carboxylic acids is 1. The number of aromatic carboxylic acids is 1. The molecule has 0 aliphatic carbocycles. The summed E-state index contributed by atoms with van der Waals surface area (Å²) in [5, 5.41) is 13.7. The topological polar surface area (TPSA) is 99.6 Å². The third-order valence-electron chi connectivity index (χ3n) is 4.32. The summed E-state index contributed by atoms with van der Waals surface area (Å²) >= 11 is 1.21. The normalized spacial score (nSPS) is 18.9. The first-order valence-electron chi connectivity index (χ1n) is 8.16. The second-order valence-corrected chi connectivity index (χ2v) is 7.02. The third kappa shape index (κ3) is 4.53. The van der Waals surface area contributed by atoms with Crippen molar-refractivity contribution in [3.05, 3.63) is 16.1 Å². The molecule has 0 spiro atoms. The van der Waals surface area contributed by atoms with Crippen LogP contribution in [0.2, 0.25) is 0 Å². The fraction of sp³-hybridized carbons (Fsp3) is 0.625. The van der Waals surface area contributed by atoms with Gasteiger partial charge in [0.25, 0.3) is 0 Å². The lowest BCUT2D eigenvalue weighted by Gasteiger charge is -2.33. The first-order chi connectivity index (χ1) is 11.4. The molecule has 1 fully saturated rings. The molecule has 2 amide bonds. The van der Waals surface area contributed by atoms with Gasteiger partial charge < -0.3 is 15.3 Å². The van der Waals surface area contributed by atoms with Gasteiger partial charge in [0.05, 0.1) is 12.5 Å². The molecule has 1 aromatic heterocycles. The Morgan fingerprint density at radius 3 is 2.88 bits per heavy atom. The van der Waals surface area contributed by atoms with Gasteiger partial charge in [-0.3, -0.25) is 9.59 Å². The minimum atomic E-state index is -1.07. The van der Waals surface area contributed by atoms with E-state index < -0.39 is 5.97 Å². The fourth-order valence-corrected chi connectivity index (χ4v) is 3.38. The molecule has 2 atom stereocenters. The molecule has 8 heteroatoms. The summed E-state index contributed by atoms with van der Waals surface area (Å²) in [6.45, 7) is 5.27. The van der Waals surface area contributed by atoms with Crippen LogP contribution in [0.3, 0.4) is 0 Å². The van der Waals surface area contributed by atoms with Crippen LogP contribution in [0.15, 0.2) is 5.38 Å². The number of carbonyl (C=O) groups excluding carboxylic acids is 2. The lowest BCUT2D eigenvalue weighted by Crippen LogP contribution is -2.46. The number of carboxylic acid groups (broad SMARTS) is 1. The molecule has 0 bridgehead atoms. The van der Waals surface area contributed by atoms with E-state index in [9.17, 15) is 14.4 Å². The Bertz CT molecular complexity index is 616. The number of nitrogens with one attached hydrogen (secondary N) is 1. The zero-order chi connectivity index (χ0) is 17.7. The molecule has 1 aliphatic rings. The number of hydrogen-bond acceptors (Lipinski definition) is 5. The van der Waals surface area contributed by atoms with E-state index in [1.807, 2.05) is 13.8 Å². The zero-order valence-electron chi connectivity index (χ0n) is 13.9. The van der Waals surface area contributed by atoms with Gasteiger partial charge in [0.15, 0.2) is 5.69 Å². The van der Waals surface area contributed by atoms with Crippen molar-refractivity contribution in [1.29, 1.82) is 0 Å². The molecule has 1 saturated heterocycles. The van der Waals surface area contributed by atoms with Crippen LogP contribution in [-0.2, 0) is 16.1 Å². The molecule has 132 valence electrons. The average molecular weight is 353 g/mol. The van der Waals surface area contributed by atoms with Crippen molar-refractivity contribution in [2.75, 3.05) is 13.1 Å². The van der Waals surface area contributed by atoms with Gasteiger partial charge in [-0.2, -0.15) is 0 Å². The van der Waals surface area contributed by atoms with Crippen molar-refractivity contribution in [1.82, 2.24) is 15.2 Å². The Morgan fingerprint density at radius 2 is 2.25 bits per heavy atom. The largest absolute Gasteiger partial charge is 0.476 e. The number of nitrogens with zero attached hydrogens (tertiary/aromatic N) is 2. The van der Waals surface area contributed by atoms with Crippen molar-refractivity contribution in [3.63, 3.8) is 0 Å². The van der Waals surface area contributed by atoms with Gasteiger partial charge in [-0.05, 0) is 19.3 Å². The Morgan fingerprint density at radius 1 is 1.50 bits per heavy atom. The molecule has 0 radical (unpaired) electrons. The van der Waals surface area contributed by atoms with Crippen LogP contribution in [0.5, 0.6) is 0 Å². The maximum atomic E-state index is 12.3. The third-order valence-corrected chi connectivity index (χ3v) is 5.17. The molecule has 7 nitrogen and oxygen atoms in total. The quantitative estimate of drug-likeness (QED) is 0.811. The summed E-state index contributed by atoms with van der Waals surface area (Å²) in [7, 11) is 0. The van der Waals surface area contributed by atoms with E-state index in [4.69, 9.17) is 5.11 Å². The molecular weight excluding hydrogens is 330 g/mol. The Hall–Kier alpha value is -1.96. The van der Waals surface area contributed by atoms with Crippen LogP contribution in [0.1, 0.15) is 48.6 Å². The maximum Gasteiger partial charge on any atom is 0.355 e. The second kappa shape index (κ2) is 8.23. The SMILES string of the molecule is CCC(C)C(=O)N1CCCC(C(=O)NCc2nc(C(=O)O)cs2)C1. The number of likely N-dealkylation sites (tertiary alicyclic amines) is 1. The number of rotatable bonds is 6. The van der Waals surface area contributed by atoms with Gasteiger partial charge in [0.1, 0.15) is 5.01 Å². The van der Waals surface area contributed by atoms with Crippen LogP contribution >= 0.6 is 11.3 Å². The van der Waals surface area contributed by atoms with Gasteiger partial charge in [0, 0.05) is 24.4 Å².